The van der Waals surface area contributed by atoms with Crippen LogP contribution in [0.2, 0.25) is 0 Å². The van der Waals surface area contributed by atoms with Crippen LogP contribution in [-0.4, -0.2) is 33.4 Å². The summed E-state index contributed by atoms with van der Waals surface area (Å²) in [5, 5.41) is 22.6. The number of carbonyl (C=O) groups excluding carboxylic acids is 4. The highest BCUT2D eigenvalue weighted by Gasteiger charge is 2.42. The van der Waals surface area contributed by atoms with Gasteiger partial charge in [-0.2, -0.15) is 0 Å². The zero-order chi connectivity index (χ0) is 30.1. The molecule has 0 radical (unpaired) electrons. The van der Waals surface area contributed by atoms with Crippen LogP contribution in [0.25, 0.3) is 0 Å². The zero-order valence-corrected chi connectivity index (χ0v) is 21.8. The minimum absolute atomic E-state index is 0.00576. The van der Waals surface area contributed by atoms with Gasteiger partial charge in [-0.05, 0) is 42.8 Å². The van der Waals surface area contributed by atoms with E-state index in [1.807, 2.05) is 0 Å². The fourth-order valence-corrected chi connectivity index (χ4v) is 4.59. The summed E-state index contributed by atoms with van der Waals surface area (Å²) in [5.74, 6) is -3.28. The Balaban J connectivity index is 1.50. The van der Waals surface area contributed by atoms with Crippen LogP contribution in [0.1, 0.15) is 58.7 Å². The van der Waals surface area contributed by atoms with Gasteiger partial charge in [-0.25, -0.2) is 9.69 Å². The molecule has 0 spiro atoms. The van der Waals surface area contributed by atoms with Crippen LogP contribution in [0.4, 0.5) is 17.1 Å². The number of nitro groups is 2. The predicted molar refractivity (Wildman–Crippen MR) is 147 cm³/mol. The van der Waals surface area contributed by atoms with Crippen molar-refractivity contribution in [3.05, 3.63) is 145 Å². The summed E-state index contributed by atoms with van der Waals surface area (Å²) in [6.07, 6.45) is -1.48. The highest BCUT2D eigenvalue weighted by molar-refractivity contribution is 6.36. The smallest absolute Gasteiger partial charge is 0.339 e. The van der Waals surface area contributed by atoms with Crippen LogP contribution >= 0.6 is 0 Å². The predicted octanol–water partition coefficient (Wildman–Crippen LogP) is 5.39. The first-order valence-electron chi connectivity index (χ1n) is 12.4. The summed E-state index contributed by atoms with van der Waals surface area (Å²) in [6.45, 7) is 1.58. The summed E-state index contributed by atoms with van der Waals surface area (Å²) < 4.78 is 5.63. The highest BCUT2D eigenvalue weighted by Crippen LogP contribution is 2.36. The summed E-state index contributed by atoms with van der Waals surface area (Å²) in [6, 6.07) is 20.8. The first-order valence-corrected chi connectivity index (χ1v) is 12.4. The molecule has 1 aliphatic rings. The number of fused-ring (bicyclic) bond motifs is 1. The number of esters is 1. The molecule has 0 bridgehead atoms. The molecule has 12 nitrogen and oxygen atoms in total. The molecule has 1 atom stereocenters. The van der Waals surface area contributed by atoms with Gasteiger partial charge in [-0.15, -0.1) is 0 Å². The number of benzene rings is 4. The Labute approximate surface area is 237 Å². The number of hydrogen-bond acceptors (Lipinski definition) is 9. The van der Waals surface area contributed by atoms with Gasteiger partial charge in [-0.3, -0.25) is 34.6 Å². The van der Waals surface area contributed by atoms with Gasteiger partial charge in [0.15, 0.2) is 6.10 Å². The fraction of sp³-hybridized carbons (Fsp3) is 0.0667. The maximum absolute atomic E-state index is 13.4. The summed E-state index contributed by atoms with van der Waals surface area (Å²) in [5.41, 5.74) is -0.530. The van der Waals surface area contributed by atoms with E-state index in [1.165, 1.54) is 66.7 Å². The molecule has 1 aliphatic heterocycles. The van der Waals surface area contributed by atoms with Crippen LogP contribution in [0, 0.1) is 27.2 Å². The number of nitro benzene ring substituents is 2. The molecule has 4 aromatic carbocycles. The summed E-state index contributed by atoms with van der Waals surface area (Å²) in [7, 11) is 0. The van der Waals surface area contributed by atoms with Crippen LogP contribution < -0.4 is 4.90 Å². The number of imide groups is 1. The van der Waals surface area contributed by atoms with E-state index in [-0.39, 0.29) is 39.2 Å². The Bertz CT molecular complexity index is 1800. The number of Topliss-reactive ketones (excluding diaryl/α,β-unsaturated/α-hetero) is 1. The van der Waals surface area contributed by atoms with Crippen molar-refractivity contribution in [3.63, 3.8) is 0 Å². The van der Waals surface area contributed by atoms with Crippen LogP contribution in [0.5, 0.6) is 0 Å². The Morgan fingerprint density at radius 3 is 2.12 bits per heavy atom. The van der Waals surface area contributed by atoms with Crippen molar-refractivity contribution < 1.29 is 33.8 Å². The molecule has 1 heterocycles. The first-order chi connectivity index (χ1) is 20.1. The third-order valence-corrected chi connectivity index (χ3v) is 6.70. The number of aryl methyl sites for hydroxylation is 1. The largest absolute Gasteiger partial charge is 0.445 e. The fourth-order valence-electron chi connectivity index (χ4n) is 4.59. The number of amides is 2. The van der Waals surface area contributed by atoms with Gasteiger partial charge < -0.3 is 4.74 Å². The molecule has 0 aliphatic carbocycles. The molecule has 2 amide bonds. The molecular formula is C30H19N3O9. The molecule has 0 aromatic heterocycles. The van der Waals surface area contributed by atoms with E-state index in [2.05, 4.69) is 0 Å². The second kappa shape index (κ2) is 10.8. The Hall–Kier alpha value is -6.04. The number of anilines is 1. The van der Waals surface area contributed by atoms with E-state index < -0.39 is 45.2 Å². The van der Waals surface area contributed by atoms with Crippen molar-refractivity contribution in [1.82, 2.24) is 0 Å². The third kappa shape index (κ3) is 4.88. The van der Waals surface area contributed by atoms with Gasteiger partial charge in [0, 0.05) is 29.3 Å². The number of non-ortho nitro benzene ring substituents is 1. The lowest BCUT2D eigenvalue weighted by Gasteiger charge is -2.20. The number of ether oxygens (including phenoxy) is 1. The lowest BCUT2D eigenvalue weighted by atomic mass is 9.99. The first kappa shape index (κ1) is 27.5. The standard InChI is InChI=1S/C30H19N3O9/c1-17-10-11-20(16-24(17)31-28(35)22-8-5-9-23(33(40)41)25(22)29(31)36)30(37)42-27(26(34)18-6-3-2-4-7-18)19-12-14-21(15-13-19)32(38)39/h2-16,27H,1H3/t27-/m1/s1. The third-order valence-electron chi connectivity index (χ3n) is 6.70. The summed E-state index contributed by atoms with van der Waals surface area (Å²) in [4.78, 5) is 75.2. The highest BCUT2D eigenvalue weighted by atomic mass is 16.6. The zero-order valence-electron chi connectivity index (χ0n) is 21.8. The number of hydrogen-bond donors (Lipinski definition) is 0. The maximum atomic E-state index is 13.4. The molecule has 4 aromatic rings. The van der Waals surface area contributed by atoms with Crippen molar-refractivity contribution in [2.45, 2.75) is 13.0 Å². The van der Waals surface area contributed by atoms with Gasteiger partial charge in [0.05, 0.1) is 26.7 Å². The molecule has 5 rings (SSSR count). The number of nitrogens with zero attached hydrogens (tertiary/aromatic N) is 3. The monoisotopic (exact) mass is 565 g/mol. The molecular weight excluding hydrogens is 546 g/mol. The van der Waals surface area contributed by atoms with Crippen molar-refractivity contribution in [2.75, 3.05) is 4.90 Å². The number of carbonyl (C=O) groups is 4. The lowest BCUT2D eigenvalue weighted by Crippen LogP contribution is -2.30. The topological polar surface area (TPSA) is 167 Å². The summed E-state index contributed by atoms with van der Waals surface area (Å²) >= 11 is 0. The molecule has 0 fully saturated rings. The van der Waals surface area contributed by atoms with Crippen molar-refractivity contribution >= 4 is 40.6 Å². The molecule has 0 N–H and O–H groups in total. The van der Waals surface area contributed by atoms with Crippen molar-refractivity contribution in [3.8, 4) is 0 Å². The average molecular weight is 565 g/mol. The van der Waals surface area contributed by atoms with Crippen LogP contribution in [0.15, 0.2) is 91.0 Å². The van der Waals surface area contributed by atoms with E-state index >= 15 is 0 Å². The Morgan fingerprint density at radius 1 is 0.786 bits per heavy atom. The number of rotatable bonds is 8. The van der Waals surface area contributed by atoms with Crippen LogP contribution in [0.3, 0.4) is 0 Å². The maximum Gasteiger partial charge on any atom is 0.339 e. The lowest BCUT2D eigenvalue weighted by molar-refractivity contribution is -0.385. The van der Waals surface area contributed by atoms with Gasteiger partial charge in [0.2, 0.25) is 5.78 Å². The minimum atomic E-state index is -1.48. The second-order valence-electron chi connectivity index (χ2n) is 9.27. The molecule has 208 valence electrons. The quantitative estimate of drug-likeness (QED) is 0.0894. The average Bonchev–Trinajstić information content (AvgIpc) is 3.25. The number of ketones is 1. The Morgan fingerprint density at radius 2 is 1.48 bits per heavy atom. The molecule has 42 heavy (non-hydrogen) atoms. The van der Waals surface area contributed by atoms with Crippen molar-refractivity contribution in [2.24, 2.45) is 0 Å². The molecule has 0 saturated heterocycles. The van der Waals surface area contributed by atoms with Gasteiger partial charge in [0.1, 0.15) is 5.56 Å². The van der Waals surface area contributed by atoms with E-state index in [0.29, 0.717) is 5.56 Å². The molecule has 0 saturated carbocycles. The van der Waals surface area contributed by atoms with E-state index in [1.54, 1.807) is 25.1 Å². The van der Waals surface area contributed by atoms with Gasteiger partial charge in [-0.1, -0.05) is 42.5 Å². The van der Waals surface area contributed by atoms with E-state index in [0.717, 1.165) is 11.0 Å². The SMILES string of the molecule is Cc1ccc(C(=O)O[C@@H](C(=O)c2ccccc2)c2ccc([N+](=O)[O-])cc2)cc1N1C(=O)c2cccc([N+](=O)[O-])c2C1=O. The van der Waals surface area contributed by atoms with Crippen LogP contribution in [-0.2, 0) is 4.74 Å². The van der Waals surface area contributed by atoms with Gasteiger partial charge >= 0.3 is 5.97 Å². The molecule has 12 heteroatoms. The van der Waals surface area contributed by atoms with Gasteiger partial charge in [0.25, 0.3) is 23.2 Å². The minimum Gasteiger partial charge on any atom is -0.445 e. The van der Waals surface area contributed by atoms with E-state index in [4.69, 9.17) is 4.74 Å². The molecule has 0 unspecified atom stereocenters. The Kier molecular flexibility index (Phi) is 7.11. The second-order valence-corrected chi connectivity index (χ2v) is 9.27. The van der Waals surface area contributed by atoms with Crippen molar-refractivity contribution in [1.29, 1.82) is 0 Å². The normalized spacial score (nSPS) is 12.9. The van der Waals surface area contributed by atoms with E-state index in [9.17, 15) is 39.4 Å².